The van der Waals surface area contributed by atoms with Crippen molar-refractivity contribution in [1.82, 2.24) is 9.62 Å². The second-order valence-corrected chi connectivity index (χ2v) is 8.58. The number of hydrogen-bond donors (Lipinski definition) is 1. The number of amides is 1. The molecule has 0 bridgehead atoms. The van der Waals surface area contributed by atoms with E-state index in [2.05, 4.69) is 4.72 Å². The summed E-state index contributed by atoms with van der Waals surface area (Å²) in [6.45, 7) is 3.08. The van der Waals surface area contributed by atoms with Crippen molar-refractivity contribution in [2.24, 2.45) is 0 Å². The average molecular weight is 350 g/mol. The highest BCUT2D eigenvalue weighted by Gasteiger charge is 2.27. The van der Waals surface area contributed by atoms with Crippen molar-refractivity contribution in [3.63, 3.8) is 0 Å². The SMILES string of the molecule is C[C@H](NS(=O)(=O)c1ccc2c(c1)CCCC2)C(=O)N1CCCCC1. The van der Waals surface area contributed by atoms with E-state index >= 15 is 0 Å². The lowest BCUT2D eigenvalue weighted by Crippen LogP contribution is -2.48. The van der Waals surface area contributed by atoms with Gasteiger partial charge in [0, 0.05) is 13.1 Å². The first-order chi connectivity index (χ1) is 11.5. The molecule has 1 aliphatic carbocycles. The number of carbonyl (C=O) groups excluding carboxylic acids is 1. The Morgan fingerprint density at radius 2 is 1.71 bits per heavy atom. The topological polar surface area (TPSA) is 66.5 Å². The van der Waals surface area contributed by atoms with Crippen molar-refractivity contribution in [3.8, 4) is 0 Å². The zero-order chi connectivity index (χ0) is 17.2. The number of likely N-dealkylation sites (tertiary alicyclic amines) is 1. The number of sulfonamides is 1. The fourth-order valence-corrected chi connectivity index (χ4v) is 4.86. The van der Waals surface area contributed by atoms with Crippen molar-refractivity contribution < 1.29 is 13.2 Å². The predicted octanol–water partition coefficient (Wildman–Crippen LogP) is 2.24. The molecule has 1 saturated heterocycles. The lowest BCUT2D eigenvalue weighted by Gasteiger charge is -2.29. The molecular weight excluding hydrogens is 324 g/mol. The van der Waals surface area contributed by atoms with E-state index in [-0.39, 0.29) is 10.8 Å². The van der Waals surface area contributed by atoms with E-state index in [1.54, 1.807) is 24.0 Å². The zero-order valence-corrected chi connectivity index (χ0v) is 15.1. The lowest BCUT2D eigenvalue weighted by atomic mass is 9.92. The maximum atomic E-state index is 12.6. The van der Waals surface area contributed by atoms with Gasteiger partial charge in [-0.25, -0.2) is 8.42 Å². The molecule has 0 unspecified atom stereocenters. The molecule has 1 heterocycles. The van der Waals surface area contributed by atoms with Crippen molar-refractivity contribution in [2.45, 2.75) is 62.8 Å². The number of hydrogen-bond acceptors (Lipinski definition) is 3. The molecule has 0 aromatic heterocycles. The number of fused-ring (bicyclic) bond motifs is 1. The third-order valence-corrected chi connectivity index (χ3v) is 6.54. The molecule has 0 spiro atoms. The number of rotatable bonds is 4. The maximum Gasteiger partial charge on any atom is 0.241 e. The first-order valence-electron chi connectivity index (χ1n) is 8.90. The lowest BCUT2D eigenvalue weighted by molar-refractivity contribution is -0.133. The number of nitrogens with one attached hydrogen (secondary N) is 1. The van der Waals surface area contributed by atoms with Gasteiger partial charge in [0.15, 0.2) is 0 Å². The third-order valence-electron chi connectivity index (χ3n) is 5.00. The van der Waals surface area contributed by atoms with Crippen molar-refractivity contribution in [1.29, 1.82) is 0 Å². The highest BCUT2D eigenvalue weighted by Crippen LogP contribution is 2.24. The molecule has 5 nitrogen and oxygen atoms in total. The fourth-order valence-electron chi connectivity index (χ4n) is 3.62. The summed E-state index contributed by atoms with van der Waals surface area (Å²) in [6.07, 6.45) is 7.35. The summed E-state index contributed by atoms with van der Waals surface area (Å²) in [5.41, 5.74) is 2.37. The summed E-state index contributed by atoms with van der Waals surface area (Å²) in [7, 11) is -3.67. The molecule has 0 saturated carbocycles. The van der Waals surface area contributed by atoms with E-state index in [0.717, 1.165) is 57.2 Å². The van der Waals surface area contributed by atoms with Crippen molar-refractivity contribution >= 4 is 15.9 Å². The molecule has 1 amide bonds. The van der Waals surface area contributed by atoms with Gasteiger partial charge in [-0.2, -0.15) is 4.72 Å². The van der Waals surface area contributed by atoms with Crippen LogP contribution >= 0.6 is 0 Å². The molecule has 132 valence electrons. The third kappa shape index (κ3) is 3.81. The molecule has 1 aliphatic heterocycles. The van der Waals surface area contributed by atoms with Gasteiger partial charge >= 0.3 is 0 Å². The minimum atomic E-state index is -3.67. The molecule has 3 rings (SSSR count). The van der Waals surface area contributed by atoms with Crippen LogP contribution in [-0.2, 0) is 27.7 Å². The average Bonchev–Trinajstić information content (AvgIpc) is 2.61. The zero-order valence-electron chi connectivity index (χ0n) is 14.3. The predicted molar refractivity (Wildman–Crippen MR) is 93.3 cm³/mol. The summed E-state index contributed by atoms with van der Waals surface area (Å²) in [5.74, 6) is -0.128. The Hall–Kier alpha value is -1.40. The van der Waals surface area contributed by atoms with Crippen LogP contribution in [0.4, 0.5) is 0 Å². The van der Waals surface area contributed by atoms with Crippen LogP contribution in [0.25, 0.3) is 0 Å². The number of nitrogens with zero attached hydrogens (tertiary/aromatic N) is 1. The van der Waals surface area contributed by atoms with E-state index in [1.165, 1.54) is 12.0 Å². The minimum Gasteiger partial charge on any atom is -0.341 e. The molecule has 1 atom stereocenters. The number of piperidine rings is 1. The number of benzene rings is 1. The summed E-state index contributed by atoms with van der Waals surface area (Å²) < 4.78 is 27.8. The normalized spacial score (nSPS) is 19.6. The van der Waals surface area contributed by atoms with Gasteiger partial charge in [0.2, 0.25) is 15.9 Å². The molecular formula is C18H26N2O3S. The number of carbonyl (C=O) groups is 1. The first kappa shape index (κ1) is 17.4. The number of aryl methyl sites for hydroxylation is 2. The van der Waals surface area contributed by atoms with E-state index in [9.17, 15) is 13.2 Å². The van der Waals surface area contributed by atoms with E-state index < -0.39 is 16.1 Å². The van der Waals surface area contributed by atoms with Gasteiger partial charge in [0.1, 0.15) is 0 Å². The molecule has 0 radical (unpaired) electrons. The van der Waals surface area contributed by atoms with Crippen LogP contribution in [0.3, 0.4) is 0 Å². The Kier molecular flexibility index (Phi) is 5.25. The molecule has 1 N–H and O–H groups in total. The van der Waals surface area contributed by atoms with Gasteiger partial charge in [0.05, 0.1) is 10.9 Å². The highest BCUT2D eigenvalue weighted by atomic mass is 32.2. The molecule has 1 aromatic rings. The Morgan fingerprint density at radius 1 is 1.04 bits per heavy atom. The van der Waals surface area contributed by atoms with Gasteiger partial charge in [-0.15, -0.1) is 0 Å². The summed E-state index contributed by atoms with van der Waals surface area (Å²) >= 11 is 0. The smallest absolute Gasteiger partial charge is 0.241 e. The Balaban J connectivity index is 1.72. The van der Waals surface area contributed by atoms with Crippen LogP contribution < -0.4 is 4.72 Å². The Bertz CT molecular complexity index is 709. The molecule has 1 fully saturated rings. The van der Waals surface area contributed by atoms with Crippen LogP contribution in [-0.4, -0.2) is 38.4 Å². The van der Waals surface area contributed by atoms with Crippen LogP contribution in [0.15, 0.2) is 23.1 Å². The Labute approximate surface area is 144 Å². The Morgan fingerprint density at radius 3 is 2.42 bits per heavy atom. The standard InChI is InChI=1S/C18H26N2O3S/c1-14(18(21)20-11-5-2-6-12-20)19-24(22,23)17-10-9-15-7-3-4-8-16(15)13-17/h9-10,13-14,19H,2-8,11-12H2,1H3/t14-/m0/s1. The second kappa shape index (κ2) is 7.23. The quantitative estimate of drug-likeness (QED) is 0.906. The van der Waals surface area contributed by atoms with Gasteiger partial charge < -0.3 is 4.90 Å². The van der Waals surface area contributed by atoms with Crippen LogP contribution in [0.2, 0.25) is 0 Å². The summed E-state index contributed by atoms with van der Waals surface area (Å²) in [5, 5.41) is 0. The minimum absolute atomic E-state index is 0.128. The van der Waals surface area contributed by atoms with Crippen LogP contribution in [0.5, 0.6) is 0 Å². The molecule has 6 heteroatoms. The molecule has 2 aliphatic rings. The molecule has 24 heavy (non-hydrogen) atoms. The summed E-state index contributed by atoms with van der Waals surface area (Å²) in [6, 6.07) is 4.61. The highest BCUT2D eigenvalue weighted by molar-refractivity contribution is 7.89. The van der Waals surface area contributed by atoms with E-state index in [4.69, 9.17) is 0 Å². The summed E-state index contributed by atoms with van der Waals surface area (Å²) in [4.78, 5) is 14.5. The van der Waals surface area contributed by atoms with Crippen LogP contribution in [0, 0.1) is 0 Å². The fraction of sp³-hybridized carbons (Fsp3) is 0.611. The van der Waals surface area contributed by atoms with Gasteiger partial charge in [0.25, 0.3) is 0 Å². The second-order valence-electron chi connectivity index (χ2n) is 6.87. The maximum absolute atomic E-state index is 12.6. The van der Waals surface area contributed by atoms with Crippen molar-refractivity contribution in [2.75, 3.05) is 13.1 Å². The van der Waals surface area contributed by atoms with Gasteiger partial charge in [-0.3, -0.25) is 4.79 Å². The van der Waals surface area contributed by atoms with Crippen LogP contribution in [0.1, 0.15) is 50.2 Å². The van der Waals surface area contributed by atoms with Crippen molar-refractivity contribution in [3.05, 3.63) is 29.3 Å². The first-order valence-corrected chi connectivity index (χ1v) is 10.4. The van der Waals surface area contributed by atoms with Gasteiger partial charge in [-0.05, 0) is 75.1 Å². The monoisotopic (exact) mass is 350 g/mol. The van der Waals surface area contributed by atoms with E-state index in [1.807, 2.05) is 6.07 Å². The largest absolute Gasteiger partial charge is 0.341 e. The molecule has 1 aromatic carbocycles. The van der Waals surface area contributed by atoms with Gasteiger partial charge in [-0.1, -0.05) is 6.07 Å². The van der Waals surface area contributed by atoms with E-state index in [0.29, 0.717) is 0 Å².